The van der Waals surface area contributed by atoms with Gasteiger partial charge in [0.25, 0.3) is 5.91 Å². The Morgan fingerprint density at radius 2 is 1.68 bits per heavy atom. The molecule has 0 atom stereocenters. The van der Waals surface area contributed by atoms with Crippen molar-refractivity contribution in [1.82, 2.24) is 15.1 Å². The van der Waals surface area contributed by atoms with Crippen molar-refractivity contribution in [2.75, 3.05) is 43.4 Å². The SMILES string of the molecule is CC(C)NC(=O)N1CCCN(c2ccc(NC(=O)C3CCCC3)cc2C(=O)N(C)Cc2ccccc2)CC1. The van der Waals surface area contributed by atoms with E-state index < -0.39 is 0 Å². The van der Waals surface area contributed by atoms with Gasteiger partial charge < -0.3 is 25.3 Å². The molecule has 2 N–H and O–H groups in total. The van der Waals surface area contributed by atoms with Crippen LogP contribution in [0.15, 0.2) is 48.5 Å². The molecular formula is C30H41N5O3. The van der Waals surface area contributed by atoms with Crippen LogP contribution in [0.5, 0.6) is 0 Å². The summed E-state index contributed by atoms with van der Waals surface area (Å²) in [6.45, 7) is 7.01. The van der Waals surface area contributed by atoms with Crippen molar-refractivity contribution in [3.05, 3.63) is 59.7 Å². The molecule has 4 rings (SSSR count). The third kappa shape index (κ3) is 7.05. The standard InChI is InChI=1S/C30H41N5O3/c1-22(2)31-30(38)35-17-9-16-34(18-19-35)27-15-14-25(32-28(36)24-12-7-8-13-24)20-26(27)29(37)33(3)21-23-10-5-4-6-11-23/h4-6,10-11,14-15,20,22,24H,7-9,12-13,16-19,21H2,1-3H3,(H,31,38)(H,32,36). The van der Waals surface area contributed by atoms with Crippen LogP contribution in [-0.4, -0.2) is 66.9 Å². The summed E-state index contributed by atoms with van der Waals surface area (Å²) >= 11 is 0. The lowest BCUT2D eigenvalue weighted by Crippen LogP contribution is -2.44. The van der Waals surface area contributed by atoms with Crippen molar-refractivity contribution < 1.29 is 14.4 Å². The fraction of sp³-hybridized carbons (Fsp3) is 0.500. The van der Waals surface area contributed by atoms with E-state index in [2.05, 4.69) is 15.5 Å². The maximum atomic E-state index is 13.8. The van der Waals surface area contributed by atoms with Crippen molar-refractivity contribution >= 4 is 29.2 Å². The third-order valence-electron chi connectivity index (χ3n) is 7.37. The minimum atomic E-state index is -0.0977. The molecule has 1 aliphatic heterocycles. The molecule has 0 unspecified atom stereocenters. The molecule has 2 aromatic carbocycles. The summed E-state index contributed by atoms with van der Waals surface area (Å²) in [5.41, 5.74) is 3.10. The van der Waals surface area contributed by atoms with Gasteiger partial charge in [-0.25, -0.2) is 4.79 Å². The first kappa shape index (κ1) is 27.5. The van der Waals surface area contributed by atoms with Crippen molar-refractivity contribution in [1.29, 1.82) is 0 Å². The zero-order chi connectivity index (χ0) is 27.1. The zero-order valence-electron chi connectivity index (χ0n) is 22.9. The summed E-state index contributed by atoms with van der Waals surface area (Å²) in [6, 6.07) is 15.6. The average molecular weight is 520 g/mol. The lowest BCUT2D eigenvalue weighted by Gasteiger charge is -2.28. The third-order valence-corrected chi connectivity index (χ3v) is 7.37. The fourth-order valence-electron chi connectivity index (χ4n) is 5.33. The van der Waals surface area contributed by atoms with E-state index in [1.807, 2.05) is 74.3 Å². The van der Waals surface area contributed by atoms with Gasteiger partial charge in [-0.05, 0) is 56.9 Å². The molecule has 1 saturated carbocycles. The Bertz CT molecular complexity index is 1110. The fourth-order valence-corrected chi connectivity index (χ4v) is 5.33. The molecule has 0 spiro atoms. The zero-order valence-corrected chi connectivity index (χ0v) is 22.9. The van der Waals surface area contributed by atoms with Crippen LogP contribution in [0.1, 0.15) is 61.9 Å². The minimum Gasteiger partial charge on any atom is -0.369 e. The van der Waals surface area contributed by atoms with Crippen LogP contribution in [0.2, 0.25) is 0 Å². The quantitative estimate of drug-likeness (QED) is 0.555. The van der Waals surface area contributed by atoms with Crippen molar-refractivity contribution in [3.63, 3.8) is 0 Å². The average Bonchev–Trinajstić information content (AvgIpc) is 3.33. The summed E-state index contributed by atoms with van der Waals surface area (Å²) < 4.78 is 0. The molecule has 204 valence electrons. The van der Waals surface area contributed by atoms with Gasteiger partial charge in [0.05, 0.1) is 5.56 Å². The first-order chi connectivity index (χ1) is 18.3. The van der Waals surface area contributed by atoms with Crippen LogP contribution in [0, 0.1) is 5.92 Å². The number of benzene rings is 2. The number of nitrogens with zero attached hydrogens (tertiary/aromatic N) is 3. The van der Waals surface area contributed by atoms with Crippen LogP contribution < -0.4 is 15.5 Å². The van der Waals surface area contributed by atoms with Crippen LogP contribution in [0.25, 0.3) is 0 Å². The van der Waals surface area contributed by atoms with Gasteiger partial charge in [0.2, 0.25) is 5.91 Å². The van der Waals surface area contributed by atoms with Gasteiger partial charge in [-0.1, -0.05) is 43.2 Å². The molecule has 38 heavy (non-hydrogen) atoms. The van der Waals surface area contributed by atoms with E-state index in [1.54, 1.807) is 4.90 Å². The molecule has 0 aromatic heterocycles. The van der Waals surface area contributed by atoms with Gasteiger partial charge in [-0.2, -0.15) is 0 Å². The van der Waals surface area contributed by atoms with E-state index in [-0.39, 0.29) is 29.8 Å². The summed E-state index contributed by atoms with van der Waals surface area (Å²) in [7, 11) is 1.81. The van der Waals surface area contributed by atoms with E-state index in [1.165, 1.54) is 0 Å². The number of anilines is 2. The van der Waals surface area contributed by atoms with E-state index in [0.29, 0.717) is 37.4 Å². The Morgan fingerprint density at radius 3 is 2.39 bits per heavy atom. The topological polar surface area (TPSA) is 85.0 Å². The summed E-state index contributed by atoms with van der Waals surface area (Å²) in [5.74, 6) is -0.0181. The maximum Gasteiger partial charge on any atom is 0.317 e. The number of carbonyl (C=O) groups is 3. The molecule has 1 heterocycles. The number of hydrogen-bond acceptors (Lipinski definition) is 4. The van der Waals surface area contributed by atoms with Crippen molar-refractivity contribution in [2.24, 2.45) is 5.92 Å². The summed E-state index contributed by atoms with van der Waals surface area (Å²) in [5, 5.41) is 6.04. The largest absolute Gasteiger partial charge is 0.369 e. The van der Waals surface area contributed by atoms with E-state index in [9.17, 15) is 14.4 Å². The number of rotatable bonds is 7. The molecule has 0 radical (unpaired) electrons. The Labute approximate surface area is 226 Å². The lowest BCUT2D eigenvalue weighted by molar-refractivity contribution is -0.119. The first-order valence-corrected chi connectivity index (χ1v) is 13.9. The monoisotopic (exact) mass is 519 g/mol. The second kappa shape index (κ2) is 12.8. The van der Waals surface area contributed by atoms with Crippen LogP contribution in [-0.2, 0) is 11.3 Å². The maximum absolute atomic E-state index is 13.8. The normalized spacial score (nSPS) is 16.3. The molecular weight excluding hydrogens is 478 g/mol. The summed E-state index contributed by atoms with van der Waals surface area (Å²) in [4.78, 5) is 45.0. The molecule has 4 amide bonds. The van der Waals surface area contributed by atoms with Gasteiger partial charge in [-0.3, -0.25) is 9.59 Å². The highest BCUT2D eigenvalue weighted by Gasteiger charge is 2.26. The van der Waals surface area contributed by atoms with Gasteiger partial charge >= 0.3 is 6.03 Å². The van der Waals surface area contributed by atoms with Gasteiger partial charge in [-0.15, -0.1) is 0 Å². The molecule has 8 heteroatoms. The van der Waals surface area contributed by atoms with Crippen LogP contribution >= 0.6 is 0 Å². The van der Waals surface area contributed by atoms with E-state index >= 15 is 0 Å². The van der Waals surface area contributed by atoms with E-state index in [0.717, 1.165) is 49.9 Å². The number of carbonyl (C=O) groups excluding carboxylic acids is 3. The Balaban J connectivity index is 1.56. The predicted octanol–water partition coefficient (Wildman–Crippen LogP) is 4.72. The number of urea groups is 1. The lowest BCUT2D eigenvalue weighted by atomic mass is 10.1. The number of amides is 4. The second-order valence-electron chi connectivity index (χ2n) is 10.8. The first-order valence-electron chi connectivity index (χ1n) is 13.9. The molecule has 8 nitrogen and oxygen atoms in total. The smallest absolute Gasteiger partial charge is 0.317 e. The van der Waals surface area contributed by atoms with Crippen molar-refractivity contribution in [2.45, 2.75) is 58.5 Å². The molecule has 1 saturated heterocycles. The molecule has 2 aromatic rings. The number of nitrogens with one attached hydrogen (secondary N) is 2. The Hall–Kier alpha value is -3.55. The van der Waals surface area contributed by atoms with Crippen LogP contribution in [0.3, 0.4) is 0 Å². The predicted molar refractivity (Wildman–Crippen MR) is 151 cm³/mol. The highest BCUT2D eigenvalue weighted by atomic mass is 16.2. The van der Waals surface area contributed by atoms with Gasteiger partial charge in [0, 0.05) is 63.1 Å². The minimum absolute atomic E-state index is 0.0351. The molecule has 0 bridgehead atoms. The summed E-state index contributed by atoms with van der Waals surface area (Å²) in [6.07, 6.45) is 4.83. The van der Waals surface area contributed by atoms with Gasteiger partial charge in [0.1, 0.15) is 0 Å². The molecule has 2 fully saturated rings. The van der Waals surface area contributed by atoms with Gasteiger partial charge in [0.15, 0.2) is 0 Å². The molecule has 2 aliphatic rings. The van der Waals surface area contributed by atoms with E-state index in [4.69, 9.17) is 0 Å². The number of hydrogen-bond donors (Lipinski definition) is 2. The van der Waals surface area contributed by atoms with Crippen LogP contribution in [0.4, 0.5) is 16.2 Å². The molecule has 1 aliphatic carbocycles. The highest BCUT2D eigenvalue weighted by Crippen LogP contribution is 2.30. The Kier molecular flexibility index (Phi) is 9.26. The Morgan fingerprint density at radius 1 is 0.947 bits per heavy atom. The highest BCUT2D eigenvalue weighted by molar-refractivity contribution is 6.02. The van der Waals surface area contributed by atoms with Crippen molar-refractivity contribution in [3.8, 4) is 0 Å². The second-order valence-corrected chi connectivity index (χ2v) is 10.8.